The van der Waals surface area contributed by atoms with E-state index in [9.17, 15) is 115 Å². The van der Waals surface area contributed by atoms with Crippen molar-refractivity contribution in [1.29, 1.82) is 0 Å². The summed E-state index contributed by atoms with van der Waals surface area (Å²) in [7, 11) is 0. The van der Waals surface area contributed by atoms with Crippen LogP contribution in [-0.2, 0) is 117 Å². The molecule has 1 heterocycles. The SMILES string of the molecule is CC(=O)NC(C)(C)C(=O)N[C@@H](C)C(=O)NC(C)(C)C(=O)N[C@@H](C)C(=O)NC(C)(C)C(=O)N[C@@H](C)C(=O)N[C@@H](CCC(N)=O)C(=O)NC(C)(C)C(=O)N[C@H](C(=O)NC(C)(C)C(=O)NCC(=O)NC(C)(C)C(=O)NC(C)(C)C(=O)N1CCC[C@H]1C(=O)N[C@H](C(=O)NC(C)(C)C(=O)NC(C)(C)C(=O)N[C@@H](CCC(N)=O)C(=O)N[C@@H](CCC(N)=O)C(=O)N[C@H](CO)Cc1ccccc1)C(C)C)C(C)C. The summed E-state index contributed by atoms with van der Waals surface area (Å²) < 4.78 is 0. The van der Waals surface area contributed by atoms with E-state index in [-0.39, 0.29) is 32.2 Å². The smallest absolute Gasteiger partial charge is 0.248 e. The Morgan fingerprint density at radius 3 is 1.12 bits per heavy atom. The third-order valence-corrected chi connectivity index (χ3v) is 21.8. The van der Waals surface area contributed by atoms with Gasteiger partial charge in [0.2, 0.25) is 136 Å². The maximum atomic E-state index is 14.5. The molecule has 1 aromatic rings. The standard InChI is InChI=1S/C88H145N23O24/c1-44(2)60(69(125)108-87(23,24)78(134)109-85(19,20)75(131)99-53(35-38-57(90)115)66(122)98-52(34-37-56(89)114)65(121)96-51(43-112)41-50-31-28-27-29-32-50)100-68(124)55-33-30-40-111(55)79(135)88(25,26)110-77(133)86(21,22)103-59(117)42-92-71(127)80(9,10)107-70(126)61(45(3)4)101-76(132)84(17,18)106-67(123)54(36-39-58(91)116)97-62(118)46(5)93-73(129)82(13,14)104-64(120)48(7)95-74(130)83(15,16)105-63(119)47(6)94-72(128)81(11,12)102-49(8)113/h27-29,31-32,44-48,51-55,60-61,112H,30,33-43H2,1-26H3,(H2,89,114)(H2,90,115)(H2,91,116)(H,92,127)(H,93,129)(H,94,128)(H,95,130)(H,96,121)(H,97,118)(H,98,122)(H,99,131)(H,100,124)(H,101,132)(H,102,113)(H,103,117)(H,104,120)(H,105,119)(H,106,123)(H,107,126)(H,108,125)(H,109,134)(H,110,133)/t46-,47-,48-,51-,52-,53-,54-,55-,60-,61-/m0/s1. The second kappa shape index (κ2) is 49.3. The second-order valence-electron chi connectivity index (χ2n) is 39.3. The number of primary amides is 3. The van der Waals surface area contributed by atoms with Gasteiger partial charge in [-0.3, -0.25) is 110 Å². The van der Waals surface area contributed by atoms with Crippen LogP contribution in [0.25, 0.3) is 0 Å². The van der Waals surface area contributed by atoms with Crippen LogP contribution in [0.4, 0.5) is 0 Å². The maximum Gasteiger partial charge on any atom is 0.248 e. The van der Waals surface area contributed by atoms with Crippen molar-refractivity contribution < 1.29 is 115 Å². The van der Waals surface area contributed by atoms with E-state index in [4.69, 9.17) is 17.2 Å². The van der Waals surface area contributed by atoms with Gasteiger partial charge in [0, 0.05) is 32.7 Å². The number of nitrogens with one attached hydrogen (secondary N) is 19. The number of aliphatic hydroxyl groups excluding tert-OH is 1. The first-order valence-electron chi connectivity index (χ1n) is 44.3. The first-order valence-corrected chi connectivity index (χ1v) is 44.3. The van der Waals surface area contributed by atoms with E-state index in [2.05, 4.69) is 101 Å². The van der Waals surface area contributed by atoms with Gasteiger partial charge in [0.25, 0.3) is 0 Å². The summed E-state index contributed by atoms with van der Waals surface area (Å²) in [4.78, 5) is 311. The molecule has 0 spiro atoms. The molecule has 2 rings (SSSR count). The van der Waals surface area contributed by atoms with Crippen LogP contribution in [0.2, 0.25) is 0 Å². The van der Waals surface area contributed by atoms with E-state index < -0.39 is 297 Å². The number of aliphatic hydroxyl groups is 1. The van der Waals surface area contributed by atoms with Crippen LogP contribution >= 0.6 is 0 Å². The highest BCUT2D eigenvalue weighted by molar-refractivity contribution is 6.05. The molecule has 0 aliphatic carbocycles. The molecule has 135 heavy (non-hydrogen) atoms. The molecule has 1 fully saturated rings. The van der Waals surface area contributed by atoms with Crippen LogP contribution in [0, 0.1) is 11.8 Å². The number of nitrogens with zero attached hydrogens (tertiary/aromatic N) is 1. The van der Waals surface area contributed by atoms with Crippen molar-refractivity contribution >= 4 is 136 Å². The van der Waals surface area contributed by atoms with Crippen molar-refractivity contribution in [2.45, 2.75) is 348 Å². The van der Waals surface area contributed by atoms with Crippen molar-refractivity contribution in [2.75, 3.05) is 19.7 Å². The summed E-state index contributed by atoms with van der Waals surface area (Å²) in [5.41, 5.74) is 1.07. The normalized spacial score (nSPS) is 15.2. The number of amides is 23. The lowest BCUT2D eigenvalue weighted by atomic mass is 9.96. The zero-order valence-electron chi connectivity index (χ0n) is 82.3. The molecule has 1 saturated heterocycles. The van der Waals surface area contributed by atoms with Crippen molar-refractivity contribution in [3.63, 3.8) is 0 Å². The number of benzene rings is 1. The Bertz CT molecular complexity index is 4580. The lowest BCUT2D eigenvalue weighted by molar-refractivity contribution is -0.146. The third-order valence-electron chi connectivity index (χ3n) is 21.8. The Kier molecular flexibility index (Phi) is 43.1. The Morgan fingerprint density at radius 2 is 0.696 bits per heavy atom. The minimum atomic E-state index is -1.91. The Labute approximate surface area is 786 Å². The topological polar surface area (TPSA) is 723 Å². The van der Waals surface area contributed by atoms with Crippen LogP contribution in [-0.4, -0.2) is 276 Å². The summed E-state index contributed by atoms with van der Waals surface area (Å²) in [6, 6.07) is -4.54. The summed E-state index contributed by atoms with van der Waals surface area (Å²) >= 11 is 0. The fraction of sp³-hybridized carbons (Fsp3) is 0.670. The Morgan fingerprint density at radius 1 is 0.363 bits per heavy atom. The van der Waals surface area contributed by atoms with Gasteiger partial charge in [0.15, 0.2) is 0 Å². The van der Waals surface area contributed by atoms with Crippen LogP contribution in [0.5, 0.6) is 0 Å². The predicted octanol–water partition coefficient (Wildman–Crippen LogP) is -6.07. The number of hydrogen-bond donors (Lipinski definition) is 23. The summed E-state index contributed by atoms with van der Waals surface area (Å²) in [5, 5.41) is 57.8. The molecule has 10 atom stereocenters. The van der Waals surface area contributed by atoms with Gasteiger partial charge in [0.1, 0.15) is 104 Å². The average molecular weight is 1910 g/mol. The summed E-state index contributed by atoms with van der Waals surface area (Å²) in [6.07, 6.45) is -1.81. The van der Waals surface area contributed by atoms with E-state index in [1.807, 2.05) is 0 Å². The molecule has 1 aliphatic rings. The van der Waals surface area contributed by atoms with Crippen molar-refractivity contribution in [3.8, 4) is 0 Å². The highest BCUT2D eigenvalue weighted by atomic mass is 16.3. The Hall–Kier alpha value is -13.0. The van der Waals surface area contributed by atoms with E-state index in [1.54, 1.807) is 58.0 Å². The molecule has 0 radical (unpaired) electrons. The first kappa shape index (κ1) is 118. The quantitative estimate of drug-likeness (QED) is 0.0289. The van der Waals surface area contributed by atoms with Crippen molar-refractivity contribution in [3.05, 3.63) is 35.9 Å². The third kappa shape index (κ3) is 37.4. The zero-order chi connectivity index (χ0) is 104. The number of carbonyl (C=O) groups excluding carboxylic acids is 23. The molecule has 23 amide bonds. The number of nitrogens with two attached hydrogens (primary N) is 3. The highest BCUT2D eigenvalue weighted by Gasteiger charge is 2.48. The first-order chi connectivity index (χ1) is 61.6. The molecule has 0 aromatic heterocycles. The van der Waals surface area contributed by atoms with E-state index in [0.29, 0.717) is 6.42 Å². The maximum absolute atomic E-state index is 14.5. The average Bonchev–Trinajstić information content (AvgIpc) is 1.71. The summed E-state index contributed by atoms with van der Waals surface area (Å²) in [5.74, 6) is -21.3. The monoisotopic (exact) mass is 1910 g/mol. The van der Waals surface area contributed by atoms with Crippen LogP contribution in [0.15, 0.2) is 30.3 Å². The van der Waals surface area contributed by atoms with Gasteiger partial charge in [-0.1, -0.05) is 58.0 Å². The van der Waals surface area contributed by atoms with Gasteiger partial charge in [0.05, 0.1) is 19.2 Å². The fourth-order valence-electron chi connectivity index (χ4n) is 13.1. The van der Waals surface area contributed by atoms with Gasteiger partial charge in [-0.25, -0.2) is 0 Å². The number of hydrogen-bond acceptors (Lipinski definition) is 24. The lowest BCUT2D eigenvalue weighted by Gasteiger charge is -2.36. The molecule has 0 unspecified atom stereocenters. The van der Waals surface area contributed by atoms with Gasteiger partial charge in [-0.2, -0.15) is 0 Å². The minimum Gasteiger partial charge on any atom is -0.394 e. The molecule has 47 nitrogen and oxygen atoms in total. The molecule has 1 aromatic carbocycles. The van der Waals surface area contributed by atoms with Crippen molar-refractivity contribution in [1.82, 2.24) is 106 Å². The van der Waals surface area contributed by atoms with Crippen LogP contribution < -0.4 is 118 Å². The molecule has 47 heteroatoms. The van der Waals surface area contributed by atoms with Gasteiger partial charge >= 0.3 is 0 Å². The predicted molar refractivity (Wildman–Crippen MR) is 490 cm³/mol. The summed E-state index contributed by atoms with van der Waals surface area (Å²) in [6.45, 7) is 33.7. The van der Waals surface area contributed by atoms with E-state index in [1.165, 1.54) is 157 Å². The number of likely N-dealkylation sites (tertiary alicyclic amines) is 1. The molecule has 756 valence electrons. The van der Waals surface area contributed by atoms with Gasteiger partial charge in [-0.05, 0) is 201 Å². The zero-order valence-corrected chi connectivity index (χ0v) is 82.3. The molecular weight excluding hydrogens is 1760 g/mol. The number of carbonyl (C=O) groups is 23. The number of rotatable bonds is 52. The van der Waals surface area contributed by atoms with Crippen LogP contribution in [0.3, 0.4) is 0 Å². The molecule has 0 bridgehead atoms. The van der Waals surface area contributed by atoms with E-state index in [0.717, 1.165) is 5.56 Å². The minimum absolute atomic E-state index is 0.0220. The largest absolute Gasteiger partial charge is 0.394 e. The van der Waals surface area contributed by atoms with Gasteiger partial charge in [-0.15, -0.1) is 0 Å². The molecular formula is C88H145N23O24. The molecule has 0 saturated carbocycles. The van der Waals surface area contributed by atoms with Crippen molar-refractivity contribution in [2.24, 2.45) is 29.0 Å². The Balaban J connectivity index is 2.13. The van der Waals surface area contributed by atoms with Gasteiger partial charge < -0.3 is 128 Å². The second-order valence-corrected chi connectivity index (χ2v) is 39.3. The fourth-order valence-corrected chi connectivity index (χ4v) is 13.1. The molecule has 26 N–H and O–H groups in total. The lowest BCUT2D eigenvalue weighted by Crippen LogP contribution is -2.66. The van der Waals surface area contributed by atoms with Crippen LogP contribution in [0.1, 0.15) is 237 Å². The van der Waals surface area contributed by atoms with E-state index >= 15 is 0 Å². The molecule has 1 aliphatic heterocycles. The highest BCUT2D eigenvalue weighted by Crippen LogP contribution is 2.25.